The van der Waals surface area contributed by atoms with Gasteiger partial charge in [-0.15, -0.1) is 23.5 Å². The number of carbonyl (C=O) groups excluding carboxylic acids is 3. The van der Waals surface area contributed by atoms with Crippen LogP contribution in [0.4, 0.5) is 0 Å². The largest absolute Gasteiger partial charge is 0.455 e. The third-order valence-corrected chi connectivity index (χ3v) is 19.5. The molecule has 1 amide bonds. The molecule has 2 aromatic carbocycles. The molecule has 0 saturated carbocycles. The standard InChI is InChI=1S/C29H37NO5S3Si/c1-21(31)34-25-26(35-22(2)32)28(38-23-13-7-5-8-14-23)30(27(25)33)18-11-17-29(36-19-12-20-37-29)39(3,4)24-15-9-6-10-16-24/h5-10,13-16,25-26,28H,11-12,17-20H2,1-4H3/t25-,26-,28?/m1/s1. The summed E-state index contributed by atoms with van der Waals surface area (Å²) in [6.45, 7) is 8.03. The molecule has 2 fully saturated rings. The van der Waals surface area contributed by atoms with Crippen LogP contribution in [0, 0.1) is 0 Å². The van der Waals surface area contributed by atoms with Crippen LogP contribution in [0.2, 0.25) is 13.1 Å². The van der Waals surface area contributed by atoms with Crippen LogP contribution < -0.4 is 5.19 Å². The Morgan fingerprint density at radius 1 is 0.974 bits per heavy atom. The lowest BCUT2D eigenvalue weighted by Gasteiger charge is -2.47. The molecule has 0 N–H and O–H groups in total. The minimum Gasteiger partial charge on any atom is -0.455 e. The summed E-state index contributed by atoms with van der Waals surface area (Å²) in [6.07, 6.45) is 0.965. The summed E-state index contributed by atoms with van der Waals surface area (Å²) in [5, 5.41) is 0.960. The minimum absolute atomic E-state index is 0.0992. The van der Waals surface area contributed by atoms with Crippen molar-refractivity contribution in [2.75, 3.05) is 18.1 Å². The van der Waals surface area contributed by atoms with Crippen molar-refractivity contribution in [2.24, 2.45) is 0 Å². The van der Waals surface area contributed by atoms with Crippen molar-refractivity contribution in [3.63, 3.8) is 0 Å². The SMILES string of the molecule is CC(=O)O[C@H]1C(=O)N(CCCC2([Si](C)(C)c3ccccc3)SCCCS2)C(Sc2ccccc2)[C@@H]1OC(C)=O. The summed E-state index contributed by atoms with van der Waals surface area (Å²) in [7, 11) is -1.89. The summed E-state index contributed by atoms with van der Waals surface area (Å²) in [4.78, 5) is 40.3. The molecule has 2 saturated heterocycles. The van der Waals surface area contributed by atoms with Crippen molar-refractivity contribution >= 4 is 66.4 Å². The number of hydrogen-bond donors (Lipinski definition) is 0. The zero-order chi connectivity index (χ0) is 28.0. The molecule has 1 unspecified atom stereocenters. The van der Waals surface area contributed by atoms with E-state index in [1.54, 1.807) is 4.90 Å². The van der Waals surface area contributed by atoms with Gasteiger partial charge in [0, 0.05) is 25.3 Å². The van der Waals surface area contributed by atoms with E-state index >= 15 is 0 Å². The average Bonchev–Trinajstić information content (AvgIpc) is 3.14. The zero-order valence-electron chi connectivity index (χ0n) is 23.0. The van der Waals surface area contributed by atoms with Gasteiger partial charge < -0.3 is 14.4 Å². The van der Waals surface area contributed by atoms with Gasteiger partial charge in [0.1, 0.15) is 13.4 Å². The molecule has 2 aromatic rings. The van der Waals surface area contributed by atoms with E-state index < -0.39 is 37.6 Å². The minimum atomic E-state index is -1.89. The Hall–Kier alpha value is -1.88. The second-order valence-corrected chi connectivity index (χ2v) is 20.0. The molecule has 0 bridgehead atoms. The zero-order valence-corrected chi connectivity index (χ0v) is 26.4. The molecular weight excluding hydrogens is 567 g/mol. The first-order valence-electron chi connectivity index (χ1n) is 13.3. The summed E-state index contributed by atoms with van der Waals surface area (Å²) in [5.41, 5.74) is 0. The number of rotatable bonds is 10. The van der Waals surface area contributed by atoms with E-state index in [1.165, 1.54) is 37.2 Å². The summed E-state index contributed by atoms with van der Waals surface area (Å²) >= 11 is 5.66. The van der Waals surface area contributed by atoms with Crippen LogP contribution in [-0.2, 0) is 23.9 Å². The normalized spacial score (nSPS) is 22.9. The van der Waals surface area contributed by atoms with Gasteiger partial charge in [-0.05, 0) is 42.9 Å². The quantitative estimate of drug-likeness (QED) is 0.267. The van der Waals surface area contributed by atoms with Gasteiger partial charge in [-0.25, -0.2) is 0 Å². The van der Waals surface area contributed by atoms with Crippen molar-refractivity contribution in [2.45, 2.75) is 72.4 Å². The molecule has 0 aromatic heterocycles. The molecular formula is C29H37NO5S3Si. The number of benzene rings is 2. The van der Waals surface area contributed by atoms with Crippen molar-refractivity contribution in [3.05, 3.63) is 60.7 Å². The van der Waals surface area contributed by atoms with Crippen LogP contribution in [0.1, 0.15) is 33.1 Å². The summed E-state index contributed by atoms with van der Waals surface area (Å²) in [6, 6.07) is 20.6. The Morgan fingerprint density at radius 3 is 2.15 bits per heavy atom. The van der Waals surface area contributed by atoms with E-state index in [-0.39, 0.29) is 9.61 Å². The average molecular weight is 604 g/mol. The van der Waals surface area contributed by atoms with Crippen molar-refractivity contribution in [1.82, 2.24) is 4.90 Å². The number of carbonyl (C=O) groups is 3. The number of esters is 2. The van der Waals surface area contributed by atoms with Gasteiger partial charge in [0.25, 0.3) is 5.91 Å². The Morgan fingerprint density at radius 2 is 1.56 bits per heavy atom. The van der Waals surface area contributed by atoms with Crippen LogP contribution in [0.3, 0.4) is 0 Å². The van der Waals surface area contributed by atoms with Crippen LogP contribution >= 0.6 is 35.3 Å². The van der Waals surface area contributed by atoms with Crippen LogP contribution in [-0.4, -0.2) is 70.2 Å². The highest BCUT2D eigenvalue weighted by Gasteiger charge is 2.54. The lowest BCUT2D eigenvalue weighted by Crippen LogP contribution is -2.59. The Labute approximate surface area is 245 Å². The first kappa shape index (κ1) is 30.1. The van der Waals surface area contributed by atoms with Crippen molar-refractivity contribution < 1.29 is 23.9 Å². The smallest absolute Gasteiger partial charge is 0.303 e. The molecule has 0 aliphatic carbocycles. The van der Waals surface area contributed by atoms with Crippen molar-refractivity contribution in [1.29, 1.82) is 0 Å². The molecule has 0 radical (unpaired) electrons. The van der Waals surface area contributed by atoms with E-state index in [0.717, 1.165) is 29.2 Å². The maximum atomic E-state index is 13.7. The Bertz CT molecular complexity index is 1140. The topological polar surface area (TPSA) is 72.9 Å². The summed E-state index contributed by atoms with van der Waals surface area (Å²) in [5.74, 6) is 0.918. The van der Waals surface area contributed by atoms with Gasteiger partial charge in [0.15, 0.2) is 6.10 Å². The maximum Gasteiger partial charge on any atom is 0.303 e. The van der Waals surface area contributed by atoms with E-state index in [0.29, 0.717) is 6.54 Å². The van der Waals surface area contributed by atoms with Gasteiger partial charge in [0.05, 0.1) is 3.70 Å². The van der Waals surface area contributed by atoms with Gasteiger partial charge >= 0.3 is 11.9 Å². The second kappa shape index (κ2) is 13.2. The number of likely N-dealkylation sites (tertiary alicyclic amines) is 1. The highest BCUT2D eigenvalue weighted by Crippen LogP contribution is 2.51. The Balaban J connectivity index is 1.58. The molecule has 39 heavy (non-hydrogen) atoms. The highest BCUT2D eigenvalue weighted by molar-refractivity contribution is 8.21. The predicted octanol–water partition coefficient (Wildman–Crippen LogP) is 5.31. The molecule has 2 aliphatic rings. The lowest BCUT2D eigenvalue weighted by atomic mass is 10.2. The number of thioether (sulfide) groups is 3. The van der Waals surface area contributed by atoms with Gasteiger partial charge in [0.2, 0.25) is 6.10 Å². The van der Waals surface area contributed by atoms with Crippen LogP contribution in [0.25, 0.3) is 0 Å². The van der Waals surface area contributed by atoms with E-state index in [9.17, 15) is 14.4 Å². The van der Waals surface area contributed by atoms with Gasteiger partial charge in [-0.1, -0.05) is 78.6 Å². The van der Waals surface area contributed by atoms with E-state index in [1.807, 2.05) is 30.3 Å². The number of hydrogen-bond acceptors (Lipinski definition) is 8. The van der Waals surface area contributed by atoms with E-state index in [2.05, 4.69) is 66.9 Å². The number of nitrogens with zero attached hydrogens (tertiary/aromatic N) is 1. The fourth-order valence-corrected chi connectivity index (χ4v) is 15.9. The number of ether oxygens (including phenoxy) is 2. The van der Waals surface area contributed by atoms with Crippen LogP contribution in [0.15, 0.2) is 65.6 Å². The highest BCUT2D eigenvalue weighted by atomic mass is 32.2. The third kappa shape index (κ3) is 6.89. The fourth-order valence-electron chi connectivity index (χ4n) is 5.32. The van der Waals surface area contributed by atoms with E-state index in [4.69, 9.17) is 9.47 Å². The molecule has 210 valence electrons. The van der Waals surface area contributed by atoms with Gasteiger partial charge in [-0.2, -0.15) is 0 Å². The van der Waals surface area contributed by atoms with Crippen LogP contribution in [0.5, 0.6) is 0 Å². The first-order chi connectivity index (χ1) is 18.6. The summed E-state index contributed by atoms with van der Waals surface area (Å²) < 4.78 is 11.2. The maximum absolute atomic E-state index is 13.7. The molecule has 0 spiro atoms. The fraction of sp³-hybridized carbons (Fsp3) is 0.483. The molecule has 4 rings (SSSR count). The third-order valence-electron chi connectivity index (χ3n) is 7.32. The molecule has 6 nitrogen and oxygen atoms in total. The molecule has 2 aliphatic heterocycles. The molecule has 2 heterocycles. The lowest BCUT2D eigenvalue weighted by molar-refractivity contribution is -0.165. The van der Waals surface area contributed by atoms with Gasteiger partial charge in [-0.3, -0.25) is 14.4 Å². The monoisotopic (exact) mass is 603 g/mol. The molecule has 3 atom stereocenters. The second-order valence-electron chi connectivity index (χ2n) is 10.4. The Kier molecular flexibility index (Phi) is 10.2. The van der Waals surface area contributed by atoms with Crippen molar-refractivity contribution in [3.8, 4) is 0 Å². The number of amides is 1. The first-order valence-corrected chi connectivity index (χ1v) is 19.2. The predicted molar refractivity (Wildman–Crippen MR) is 164 cm³/mol. The molecule has 10 heteroatoms.